The normalized spacial score (nSPS) is 13.8. The van der Waals surface area contributed by atoms with Crippen molar-refractivity contribution in [3.63, 3.8) is 0 Å². The van der Waals surface area contributed by atoms with Crippen LogP contribution in [0.3, 0.4) is 0 Å². The van der Waals surface area contributed by atoms with E-state index in [0.717, 1.165) is 28.8 Å². The zero-order valence-electron chi connectivity index (χ0n) is 14.7. The maximum atomic E-state index is 12.0. The lowest BCUT2D eigenvalue weighted by atomic mass is 10.2. The van der Waals surface area contributed by atoms with Gasteiger partial charge in [0.1, 0.15) is 5.82 Å². The zero-order chi connectivity index (χ0) is 18.0. The molecule has 0 bridgehead atoms. The van der Waals surface area contributed by atoms with Crippen molar-refractivity contribution < 1.29 is 14.7 Å². The van der Waals surface area contributed by atoms with Gasteiger partial charge in [-0.1, -0.05) is 13.0 Å². The first-order valence-electron chi connectivity index (χ1n) is 8.70. The van der Waals surface area contributed by atoms with Gasteiger partial charge in [0.25, 0.3) is 0 Å². The molecule has 0 radical (unpaired) electrons. The van der Waals surface area contributed by atoms with Crippen LogP contribution < -0.4 is 5.32 Å². The Balaban J connectivity index is 1.66. The Labute approximate surface area is 146 Å². The molecule has 1 saturated carbocycles. The van der Waals surface area contributed by atoms with Crippen molar-refractivity contribution in [2.24, 2.45) is 0 Å². The van der Waals surface area contributed by atoms with Crippen LogP contribution in [0.25, 0.3) is 11.0 Å². The molecule has 1 aromatic heterocycles. The highest BCUT2D eigenvalue weighted by molar-refractivity contribution is 5.78. The van der Waals surface area contributed by atoms with Crippen molar-refractivity contribution in [3.8, 4) is 0 Å². The molecule has 0 atom stereocenters. The predicted octanol–water partition coefficient (Wildman–Crippen LogP) is 2.55. The highest BCUT2D eigenvalue weighted by Gasteiger charge is 2.27. The fraction of sp³-hybridized carbons (Fsp3) is 0.500. The predicted molar refractivity (Wildman–Crippen MR) is 94.5 cm³/mol. The monoisotopic (exact) mass is 344 g/mol. The Kier molecular flexibility index (Phi) is 4.92. The summed E-state index contributed by atoms with van der Waals surface area (Å²) in [7, 11) is 1.59. The summed E-state index contributed by atoms with van der Waals surface area (Å²) in [6.07, 6.45) is 3.29. The number of carboxylic acids is 1. The van der Waals surface area contributed by atoms with Gasteiger partial charge >= 0.3 is 12.0 Å². The summed E-state index contributed by atoms with van der Waals surface area (Å²) < 4.78 is 2.34. The van der Waals surface area contributed by atoms with Crippen molar-refractivity contribution in [3.05, 3.63) is 29.6 Å². The van der Waals surface area contributed by atoms with Gasteiger partial charge in [-0.05, 0) is 30.5 Å². The van der Waals surface area contributed by atoms with Gasteiger partial charge in [-0.15, -0.1) is 0 Å². The first kappa shape index (κ1) is 17.3. The number of aliphatic carboxylic acids is 1. The summed E-state index contributed by atoms with van der Waals surface area (Å²) >= 11 is 0. The summed E-state index contributed by atoms with van der Waals surface area (Å²) in [6.45, 7) is 2.70. The lowest BCUT2D eigenvalue weighted by Gasteiger charge is -2.16. The first-order chi connectivity index (χ1) is 12.0. The summed E-state index contributed by atoms with van der Waals surface area (Å²) in [5.74, 6) is 0.204. The van der Waals surface area contributed by atoms with Crippen molar-refractivity contribution in [1.82, 2.24) is 19.8 Å². The van der Waals surface area contributed by atoms with E-state index in [0.29, 0.717) is 12.6 Å². The van der Waals surface area contributed by atoms with Gasteiger partial charge < -0.3 is 19.9 Å². The van der Waals surface area contributed by atoms with Crippen LogP contribution in [0.1, 0.15) is 43.6 Å². The molecule has 134 valence electrons. The van der Waals surface area contributed by atoms with Crippen molar-refractivity contribution in [2.45, 2.75) is 45.2 Å². The largest absolute Gasteiger partial charge is 0.481 e. The Hall–Kier alpha value is -2.57. The van der Waals surface area contributed by atoms with Crippen LogP contribution in [-0.4, -0.2) is 45.2 Å². The molecule has 0 unspecified atom stereocenters. The van der Waals surface area contributed by atoms with E-state index in [4.69, 9.17) is 10.1 Å². The smallest absolute Gasteiger partial charge is 0.317 e. The Morgan fingerprint density at radius 1 is 1.40 bits per heavy atom. The Morgan fingerprint density at radius 2 is 2.16 bits per heavy atom. The number of urea groups is 1. The van der Waals surface area contributed by atoms with Gasteiger partial charge in [0, 0.05) is 32.6 Å². The molecule has 7 heteroatoms. The van der Waals surface area contributed by atoms with Gasteiger partial charge in [0.15, 0.2) is 0 Å². The minimum Gasteiger partial charge on any atom is -0.481 e. The van der Waals surface area contributed by atoms with Crippen molar-refractivity contribution in [2.75, 3.05) is 13.6 Å². The highest BCUT2D eigenvalue weighted by atomic mass is 16.4. The van der Waals surface area contributed by atoms with E-state index in [2.05, 4.69) is 22.9 Å². The van der Waals surface area contributed by atoms with E-state index in [-0.39, 0.29) is 19.0 Å². The second kappa shape index (κ2) is 7.13. The third kappa shape index (κ3) is 3.92. The maximum absolute atomic E-state index is 12.0. The number of rotatable bonds is 7. The third-order valence-corrected chi connectivity index (χ3v) is 4.51. The summed E-state index contributed by atoms with van der Waals surface area (Å²) in [4.78, 5) is 28.7. The molecule has 1 aromatic carbocycles. The average molecular weight is 344 g/mol. The molecule has 0 spiro atoms. The zero-order valence-corrected chi connectivity index (χ0v) is 14.7. The molecule has 25 heavy (non-hydrogen) atoms. The summed E-state index contributed by atoms with van der Waals surface area (Å²) in [5, 5.41) is 11.5. The highest BCUT2D eigenvalue weighted by Crippen LogP contribution is 2.38. The van der Waals surface area contributed by atoms with Crippen LogP contribution in [0.15, 0.2) is 18.2 Å². The minimum absolute atomic E-state index is 0.0612. The average Bonchev–Trinajstić information content (AvgIpc) is 3.37. The van der Waals surface area contributed by atoms with E-state index in [1.165, 1.54) is 17.7 Å². The second-order valence-corrected chi connectivity index (χ2v) is 6.53. The molecule has 1 aliphatic carbocycles. The molecular weight excluding hydrogens is 320 g/mol. The Morgan fingerprint density at radius 3 is 2.80 bits per heavy atom. The topological polar surface area (TPSA) is 87.5 Å². The minimum atomic E-state index is -0.914. The molecule has 1 fully saturated rings. The van der Waals surface area contributed by atoms with Gasteiger partial charge in [-0.25, -0.2) is 9.78 Å². The number of hydrogen-bond acceptors (Lipinski definition) is 3. The van der Waals surface area contributed by atoms with Gasteiger partial charge in [0.2, 0.25) is 0 Å². The number of benzene rings is 1. The molecule has 1 aliphatic rings. The number of carboxylic acid groups (broad SMARTS) is 1. The number of carbonyl (C=O) groups excluding carboxylic acids is 1. The molecule has 1 heterocycles. The number of fused-ring (bicyclic) bond motifs is 1. The van der Waals surface area contributed by atoms with E-state index < -0.39 is 5.97 Å². The van der Waals surface area contributed by atoms with Crippen LogP contribution in [0.5, 0.6) is 0 Å². The van der Waals surface area contributed by atoms with Crippen LogP contribution >= 0.6 is 0 Å². The van der Waals surface area contributed by atoms with E-state index >= 15 is 0 Å². The third-order valence-electron chi connectivity index (χ3n) is 4.51. The van der Waals surface area contributed by atoms with Crippen molar-refractivity contribution >= 4 is 23.0 Å². The van der Waals surface area contributed by atoms with Crippen LogP contribution in [0.4, 0.5) is 4.79 Å². The Bertz CT molecular complexity index is 795. The molecule has 2 amide bonds. The number of nitrogens with one attached hydrogen (secondary N) is 1. The SMILES string of the molecule is CCc1nc2cc(CNC(=O)N(C)CCC(=O)O)ccc2n1C1CC1. The number of imidazole rings is 1. The van der Waals surface area contributed by atoms with Crippen molar-refractivity contribution in [1.29, 1.82) is 0 Å². The van der Waals surface area contributed by atoms with E-state index in [1.54, 1.807) is 7.05 Å². The lowest BCUT2D eigenvalue weighted by Crippen LogP contribution is -2.37. The molecule has 2 N–H and O–H groups in total. The van der Waals surface area contributed by atoms with Crippen LogP contribution in [-0.2, 0) is 17.8 Å². The van der Waals surface area contributed by atoms with Gasteiger partial charge in [0.05, 0.1) is 17.5 Å². The molecule has 0 aliphatic heterocycles. The van der Waals surface area contributed by atoms with E-state index in [1.807, 2.05) is 12.1 Å². The number of amides is 2. The molecule has 0 saturated heterocycles. The van der Waals surface area contributed by atoms with Crippen LogP contribution in [0.2, 0.25) is 0 Å². The molecule has 7 nitrogen and oxygen atoms in total. The number of nitrogens with zero attached hydrogens (tertiary/aromatic N) is 3. The first-order valence-corrected chi connectivity index (χ1v) is 8.70. The van der Waals surface area contributed by atoms with Crippen LogP contribution in [0, 0.1) is 0 Å². The molecule has 2 aromatic rings. The standard InChI is InChI=1S/C18H24N4O3/c1-3-16-20-14-10-12(4-7-15(14)22(16)13-5-6-13)11-19-18(25)21(2)9-8-17(23)24/h4,7,10,13H,3,5-6,8-9,11H2,1-2H3,(H,19,25)(H,23,24). The maximum Gasteiger partial charge on any atom is 0.317 e. The summed E-state index contributed by atoms with van der Waals surface area (Å²) in [6, 6.07) is 6.42. The number of carbonyl (C=O) groups is 2. The summed E-state index contributed by atoms with van der Waals surface area (Å²) in [5.41, 5.74) is 3.11. The van der Waals surface area contributed by atoms with Gasteiger partial charge in [-0.3, -0.25) is 4.79 Å². The second-order valence-electron chi connectivity index (χ2n) is 6.53. The molecular formula is C18H24N4O3. The lowest BCUT2D eigenvalue weighted by molar-refractivity contribution is -0.137. The van der Waals surface area contributed by atoms with E-state index in [9.17, 15) is 9.59 Å². The number of aromatic nitrogens is 2. The van der Waals surface area contributed by atoms with Gasteiger partial charge in [-0.2, -0.15) is 0 Å². The molecule has 3 rings (SSSR count). The quantitative estimate of drug-likeness (QED) is 0.808. The fourth-order valence-electron chi connectivity index (χ4n) is 2.97. The number of hydrogen-bond donors (Lipinski definition) is 2. The fourth-order valence-corrected chi connectivity index (χ4v) is 2.97. The number of aryl methyl sites for hydroxylation is 1.